The monoisotopic (exact) mass is 440 g/mol. The van der Waals surface area contributed by atoms with E-state index in [0.717, 1.165) is 19.3 Å². The van der Waals surface area contributed by atoms with Crippen LogP contribution in [0, 0.1) is 0 Å². The van der Waals surface area contributed by atoms with Crippen LogP contribution in [-0.4, -0.2) is 51.9 Å². The number of piperidine rings is 1. The van der Waals surface area contributed by atoms with Gasteiger partial charge in [-0.15, -0.1) is 5.10 Å². The molecule has 0 radical (unpaired) electrons. The number of aromatic nitrogens is 4. The normalized spacial score (nSPS) is 16.0. The molecule has 1 N–H and O–H groups in total. The number of nitrogens with one attached hydrogen (secondary N) is 1. The van der Waals surface area contributed by atoms with Crippen LogP contribution in [-0.2, 0) is 26.8 Å². The maximum atomic E-state index is 13.0. The molecular weight excluding hydrogens is 416 g/mol. The van der Waals surface area contributed by atoms with Gasteiger partial charge in [0.25, 0.3) is 0 Å². The molecule has 11 heteroatoms. The quantitative estimate of drug-likeness (QED) is 0.764. The number of amides is 1. The van der Waals surface area contributed by atoms with E-state index in [9.17, 15) is 13.2 Å². The lowest BCUT2D eigenvalue weighted by Crippen LogP contribution is -2.35. The minimum absolute atomic E-state index is 0.00308. The third-order valence-electron chi connectivity index (χ3n) is 4.64. The zero-order valence-electron chi connectivity index (χ0n) is 16.7. The van der Waals surface area contributed by atoms with E-state index in [1.807, 2.05) is 20.8 Å². The van der Waals surface area contributed by atoms with Gasteiger partial charge in [0, 0.05) is 24.2 Å². The van der Waals surface area contributed by atoms with E-state index < -0.39 is 10.0 Å². The molecule has 2 aromatic rings. The Kier molecular flexibility index (Phi) is 6.25. The minimum atomic E-state index is -3.71. The summed E-state index contributed by atoms with van der Waals surface area (Å²) in [5, 5.41) is 14.3. The maximum Gasteiger partial charge on any atom is 0.246 e. The molecule has 158 valence electrons. The summed E-state index contributed by atoms with van der Waals surface area (Å²) in [5.74, 6) is 0.212. The van der Waals surface area contributed by atoms with Gasteiger partial charge in [0.1, 0.15) is 11.4 Å². The third-order valence-corrected chi connectivity index (χ3v) is 7.02. The van der Waals surface area contributed by atoms with Gasteiger partial charge >= 0.3 is 0 Å². The van der Waals surface area contributed by atoms with Crippen molar-refractivity contribution in [2.24, 2.45) is 0 Å². The highest BCUT2D eigenvalue weighted by atomic mass is 35.5. The van der Waals surface area contributed by atoms with E-state index in [2.05, 4.69) is 20.8 Å². The lowest BCUT2D eigenvalue weighted by molar-refractivity contribution is -0.117. The van der Waals surface area contributed by atoms with Crippen molar-refractivity contribution in [1.29, 1.82) is 0 Å². The molecule has 9 nitrogen and oxygen atoms in total. The van der Waals surface area contributed by atoms with Crippen LogP contribution < -0.4 is 5.32 Å². The summed E-state index contributed by atoms with van der Waals surface area (Å²) in [6.07, 6.45) is 2.67. The summed E-state index contributed by atoms with van der Waals surface area (Å²) < 4.78 is 28.8. The van der Waals surface area contributed by atoms with Crippen LogP contribution in [0.5, 0.6) is 0 Å². The average molecular weight is 441 g/mol. The molecule has 0 spiro atoms. The number of nitrogens with zero attached hydrogens (tertiary/aromatic N) is 5. The summed E-state index contributed by atoms with van der Waals surface area (Å²) in [7, 11) is -3.71. The minimum Gasteiger partial charge on any atom is -0.324 e. The zero-order valence-corrected chi connectivity index (χ0v) is 18.3. The molecule has 0 saturated carbocycles. The first-order valence-corrected chi connectivity index (χ1v) is 11.3. The number of halogens is 1. The van der Waals surface area contributed by atoms with Crippen molar-refractivity contribution >= 4 is 33.2 Å². The van der Waals surface area contributed by atoms with E-state index in [1.54, 1.807) is 6.07 Å². The molecular formula is C18H25ClN6O3S. The van der Waals surface area contributed by atoms with Gasteiger partial charge in [-0.1, -0.05) is 38.8 Å². The fourth-order valence-corrected chi connectivity index (χ4v) is 5.23. The Morgan fingerprint density at radius 3 is 2.55 bits per heavy atom. The van der Waals surface area contributed by atoms with Crippen LogP contribution in [0.1, 0.15) is 45.9 Å². The Labute approximate surface area is 175 Å². The maximum absolute atomic E-state index is 13.0. The Morgan fingerprint density at radius 1 is 1.21 bits per heavy atom. The molecule has 1 fully saturated rings. The number of carbonyl (C=O) groups is 1. The van der Waals surface area contributed by atoms with Crippen LogP contribution in [0.25, 0.3) is 0 Å². The molecule has 1 aromatic heterocycles. The summed E-state index contributed by atoms with van der Waals surface area (Å²) in [6, 6.07) is 4.44. The van der Waals surface area contributed by atoms with Crippen molar-refractivity contribution in [2.45, 2.75) is 56.9 Å². The average Bonchev–Trinajstić information content (AvgIpc) is 3.12. The summed E-state index contributed by atoms with van der Waals surface area (Å²) in [6.45, 7) is 6.71. The molecule has 1 aliphatic heterocycles. The van der Waals surface area contributed by atoms with E-state index in [-0.39, 0.29) is 27.8 Å². The zero-order chi connectivity index (χ0) is 21.2. The van der Waals surface area contributed by atoms with E-state index >= 15 is 0 Å². The second-order valence-electron chi connectivity index (χ2n) is 8.07. The Morgan fingerprint density at radius 2 is 1.90 bits per heavy atom. The topological polar surface area (TPSA) is 110 Å². The van der Waals surface area contributed by atoms with Crippen LogP contribution in [0.15, 0.2) is 23.1 Å². The second kappa shape index (κ2) is 8.37. The molecule has 0 bridgehead atoms. The second-order valence-corrected chi connectivity index (χ2v) is 10.4. The first kappa shape index (κ1) is 21.7. The van der Waals surface area contributed by atoms with Crippen LogP contribution >= 0.6 is 11.6 Å². The molecule has 1 saturated heterocycles. The van der Waals surface area contributed by atoms with E-state index in [1.165, 1.54) is 21.1 Å². The highest BCUT2D eigenvalue weighted by Gasteiger charge is 2.28. The van der Waals surface area contributed by atoms with Crippen LogP contribution in [0.3, 0.4) is 0 Å². The van der Waals surface area contributed by atoms with Gasteiger partial charge in [0.05, 0.1) is 5.02 Å². The molecule has 1 amide bonds. The van der Waals surface area contributed by atoms with E-state index in [4.69, 9.17) is 11.6 Å². The van der Waals surface area contributed by atoms with Crippen LogP contribution in [0.2, 0.25) is 5.02 Å². The largest absolute Gasteiger partial charge is 0.324 e. The van der Waals surface area contributed by atoms with Crippen molar-refractivity contribution in [2.75, 3.05) is 18.4 Å². The molecule has 0 unspecified atom stereocenters. The molecule has 1 aromatic carbocycles. The smallest absolute Gasteiger partial charge is 0.246 e. The first-order chi connectivity index (χ1) is 13.6. The Balaban J connectivity index is 1.78. The van der Waals surface area contributed by atoms with Crippen molar-refractivity contribution < 1.29 is 13.2 Å². The fourth-order valence-electron chi connectivity index (χ4n) is 3.21. The number of hydrogen-bond donors (Lipinski definition) is 1. The molecule has 2 heterocycles. The van der Waals surface area contributed by atoms with Gasteiger partial charge in [-0.3, -0.25) is 4.79 Å². The standard InChI is InChI=1S/C18H25ClN6O3S/c1-18(2,3)17-21-22-23-25(17)12-16(26)20-13-7-8-14(19)15(11-13)29(27,28)24-9-5-4-6-10-24/h7-8,11H,4-6,9-10,12H2,1-3H3,(H,20,26). The Hall–Kier alpha value is -2.04. The van der Waals surface area contributed by atoms with Crippen molar-refractivity contribution in [3.8, 4) is 0 Å². The van der Waals surface area contributed by atoms with Gasteiger partial charge in [-0.2, -0.15) is 4.31 Å². The SMILES string of the molecule is CC(C)(C)c1nnnn1CC(=O)Nc1ccc(Cl)c(S(=O)(=O)N2CCCCC2)c1. The molecule has 0 atom stereocenters. The van der Waals surface area contributed by atoms with Gasteiger partial charge in [0.15, 0.2) is 5.82 Å². The van der Waals surface area contributed by atoms with Gasteiger partial charge in [0.2, 0.25) is 15.9 Å². The van der Waals surface area contributed by atoms with Crippen molar-refractivity contribution in [3.05, 3.63) is 29.0 Å². The fraction of sp³-hybridized carbons (Fsp3) is 0.556. The number of anilines is 1. The predicted molar refractivity (Wildman–Crippen MR) is 109 cm³/mol. The summed E-state index contributed by atoms with van der Waals surface area (Å²) in [4.78, 5) is 12.5. The molecule has 3 rings (SSSR count). The van der Waals surface area contributed by atoms with Gasteiger partial charge in [-0.25, -0.2) is 13.1 Å². The summed E-state index contributed by atoms with van der Waals surface area (Å²) >= 11 is 6.17. The highest BCUT2D eigenvalue weighted by Crippen LogP contribution is 2.29. The van der Waals surface area contributed by atoms with Gasteiger partial charge in [-0.05, 0) is 41.5 Å². The van der Waals surface area contributed by atoms with Crippen molar-refractivity contribution in [1.82, 2.24) is 24.5 Å². The Bertz CT molecular complexity index is 993. The number of rotatable bonds is 5. The number of sulfonamides is 1. The van der Waals surface area contributed by atoms with Crippen LogP contribution in [0.4, 0.5) is 5.69 Å². The highest BCUT2D eigenvalue weighted by molar-refractivity contribution is 7.89. The lowest BCUT2D eigenvalue weighted by Gasteiger charge is -2.26. The third kappa shape index (κ3) is 4.93. The number of tetrazole rings is 1. The number of hydrogen-bond acceptors (Lipinski definition) is 6. The first-order valence-electron chi connectivity index (χ1n) is 9.45. The lowest BCUT2D eigenvalue weighted by atomic mass is 9.96. The number of carbonyl (C=O) groups excluding carboxylic acids is 1. The van der Waals surface area contributed by atoms with Gasteiger partial charge < -0.3 is 5.32 Å². The predicted octanol–water partition coefficient (Wildman–Crippen LogP) is 2.44. The van der Waals surface area contributed by atoms with E-state index in [0.29, 0.717) is 24.6 Å². The van der Waals surface area contributed by atoms with Crippen molar-refractivity contribution in [3.63, 3.8) is 0 Å². The number of benzene rings is 1. The summed E-state index contributed by atoms with van der Waals surface area (Å²) in [5.41, 5.74) is 0.0279. The molecule has 1 aliphatic rings. The molecule has 0 aliphatic carbocycles. The molecule has 29 heavy (non-hydrogen) atoms.